The van der Waals surface area contributed by atoms with Gasteiger partial charge in [-0.05, 0) is 65.1 Å². The van der Waals surface area contributed by atoms with Crippen molar-refractivity contribution < 1.29 is 28.8 Å². The summed E-state index contributed by atoms with van der Waals surface area (Å²) in [7, 11) is 3.33. The standard InChI is InChI=1S/C36H39N3O6/c1-23-33(21-39-15-13-26-17-31(42-2)32(43-3)18-29(26)20-39)44-36(45-34(23)25-11-9-24(22-40)10-12-25)27-6-4-8-30(16-27)38-35(41)28-7-5-14-37-19-28/h4-12,14,16-19,23,33-34,36,40H,13,15,20-22H2,1-3H3,(H,38,41)/t23-,33+,34+,36+/m1/s1. The van der Waals surface area contributed by atoms with Gasteiger partial charge < -0.3 is 29.4 Å². The summed E-state index contributed by atoms with van der Waals surface area (Å²) in [5.41, 5.74) is 6.31. The number of anilines is 1. The van der Waals surface area contributed by atoms with Crippen molar-refractivity contribution in [3.63, 3.8) is 0 Å². The third-order valence-corrected chi connectivity index (χ3v) is 8.70. The molecule has 1 amide bonds. The summed E-state index contributed by atoms with van der Waals surface area (Å²) in [4.78, 5) is 19.3. The van der Waals surface area contributed by atoms with Gasteiger partial charge in [0.25, 0.3) is 5.91 Å². The highest BCUT2D eigenvalue weighted by Gasteiger charge is 2.39. The lowest BCUT2D eigenvalue weighted by molar-refractivity contribution is -0.276. The van der Waals surface area contributed by atoms with E-state index in [0.717, 1.165) is 54.2 Å². The molecule has 4 atom stereocenters. The van der Waals surface area contributed by atoms with Crippen LogP contribution in [0.1, 0.15) is 57.5 Å². The van der Waals surface area contributed by atoms with Crippen LogP contribution in [-0.4, -0.2) is 54.3 Å². The molecule has 45 heavy (non-hydrogen) atoms. The van der Waals surface area contributed by atoms with Crippen LogP contribution in [-0.2, 0) is 29.0 Å². The Morgan fingerprint density at radius 1 is 0.978 bits per heavy atom. The van der Waals surface area contributed by atoms with Crippen LogP contribution in [0, 0.1) is 5.92 Å². The summed E-state index contributed by atoms with van der Waals surface area (Å²) < 4.78 is 24.5. The third kappa shape index (κ3) is 6.87. The second kappa shape index (κ2) is 13.8. The molecule has 0 unspecified atom stereocenters. The van der Waals surface area contributed by atoms with E-state index in [2.05, 4.69) is 34.3 Å². The second-order valence-corrected chi connectivity index (χ2v) is 11.6. The Morgan fingerprint density at radius 3 is 2.47 bits per heavy atom. The fraction of sp³-hybridized carbons (Fsp3) is 0.333. The third-order valence-electron chi connectivity index (χ3n) is 8.70. The minimum atomic E-state index is -0.648. The maximum absolute atomic E-state index is 12.8. The van der Waals surface area contributed by atoms with E-state index in [1.807, 2.05) is 48.5 Å². The van der Waals surface area contributed by atoms with Crippen LogP contribution in [0.4, 0.5) is 5.69 Å². The number of ether oxygens (including phenoxy) is 4. The number of aliphatic hydroxyl groups is 1. The molecule has 2 aliphatic rings. The molecule has 2 aliphatic heterocycles. The molecule has 0 spiro atoms. The van der Waals surface area contributed by atoms with Crippen molar-refractivity contribution in [3.8, 4) is 11.5 Å². The van der Waals surface area contributed by atoms with E-state index < -0.39 is 6.29 Å². The Labute approximate surface area is 263 Å². The summed E-state index contributed by atoms with van der Waals surface area (Å²) in [6, 6.07) is 23.1. The van der Waals surface area contributed by atoms with Crippen LogP contribution >= 0.6 is 0 Å². The molecule has 1 aromatic heterocycles. The van der Waals surface area contributed by atoms with E-state index in [1.54, 1.807) is 32.5 Å². The number of benzene rings is 3. The number of aromatic nitrogens is 1. The van der Waals surface area contributed by atoms with Gasteiger partial charge in [-0.25, -0.2) is 0 Å². The van der Waals surface area contributed by atoms with Gasteiger partial charge in [0.1, 0.15) is 0 Å². The van der Waals surface area contributed by atoms with Crippen molar-refractivity contribution in [1.82, 2.24) is 9.88 Å². The number of carbonyl (C=O) groups excluding carboxylic acids is 1. The average molecular weight is 610 g/mol. The number of nitrogens with one attached hydrogen (secondary N) is 1. The first kappa shape index (κ1) is 30.7. The number of rotatable bonds is 9. The van der Waals surface area contributed by atoms with Crippen molar-refractivity contribution in [2.45, 2.75) is 45.0 Å². The lowest BCUT2D eigenvalue weighted by Gasteiger charge is -2.43. The summed E-state index contributed by atoms with van der Waals surface area (Å²) in [6.07, 6.45) is 3.05. The van der Waals surface area contributed by atoms with Crippen LogP contribution < -0.4 is 14.8 Å². The Kier molecular flexibility index (Phi) is 9.42. The van der Waals surface area contributed by atoms with Crippen LogP contribution in [0.3, 0.4) is 0 Å². The predicted molar refractivity (Wildman–Crippen MR) is 170 cm³/mol. The molecule has 9 nitrogen and oxygen atoms in total. The SMILES string of the molecule is COc1cc2c(cc1OC)CN(C[C@@H]1O[C@H](c3cccc(NC(=O)c4cccnc4)c3)O[C@H](c3ccc(CO)cc3)[C@@H]1C)CC2. The lowest BCUT2D eigenvalue weighted by atomic mass is 9.89. The van der Waals surface area contributed by atoms with Gasteiger partial charge in [0.2, 0.25) is 0 Å². The van der Waals surface area contributed by atoms with E-state index in [1.165, 1.54) is 17.3 Å². The molecular formula is C36H39N3O6. The number of nitrogens with zero attached hydrogens (tertiary/aromatic N) is 2. The summed E-state index contributed by atoms with van der Waals surface area (Å²) in [5, 5.41) is 12.6. The first-order chi connectivity index (χ1) is 21.9. The van der Waals surface area contributed by atoms with Gasteiger partial charge in [-0.15, -0.1) is 0 Å². The van der Waals surface area contributed by atoms with E-state index in [0.29, 0.717) is 11.3 Å². The van der Waals surface area contributed by atoms with Crippen LogP contribution in [0.2, 0.25) is 0 Å². The highest BCUT2D eigenvalue weighted by Crippen LogP contribution is 2.43. The highest BCUT2D eigenvalue weighted by molar-refractivity contribution is 6.04. The molecular weight excluding hydrogens is 570 g/mol. The summed E-state index contributed by atoms with van der Waals surface area (Å²) in [5.74, 6) is 1.29. The van der Waals surface area contributed by atoms with Crippen molar-refractivity contribution >= 4 is 11.6 Å². The fourth-order valence-corrected chi connectivity index (χ4v) is 6.14. The van der Waals surface area contributed by atoms with Crippen molar-refractivity contribution in [2.24, 2.45) is 5.92 Å². The van der Waals surface area contributed by atoms with Gasteiger partial charge in [0.15, 0.2) is 17.8 Å². The van der Waals surface area contributed by atoms with Gasteiger partial charge in [0.05, 0.1) is 38.6 Å². The van der Waals surface area contributed by atoms with E-state index in [-0.39, 0.29) is 30.6 Å². The molecule has 1 saturated heterocycles. The van der Waals surface area contributed by atoms with Crippen molar-refractivity contribution in [2.75, 3.05) is 32.6 Å². The average Bonchev–Trinajstić information content (AvgIpc) is 3.09. The van der Waals surface area contributed by atoms with Crippen LogP contribution in [0.15, 0.2) is 85.2 Å². The quantitative estimate of drug-likeness (QED) is 0.250. The number of pyridine rings is 1. The minimum Gasteiger partial charge on any atom is -0.493 e. The Balaban J connectivity index is 1.25. The minimum absolute atomic E-state index is 0.0135. The monoisotopic (exact) mass is 609 g/mol. The zero-order valence-electron chi connectivity index (χ0n) is 25.8. The number of aliphatic hydroxyl groups excluding tert-OH is 1. The lowest BCUT2D eigenvalue weighted by Crippen LogP contribution is -2.45. The van der Waals surface area contributed by atoms with Crippen molar-refractivity contribution in [1.29, 1.82) is 0 Å². The molecule has 0 bridgehead atoms. The first-order valence-electron chi connectivity index (χ1n) is 15.2. The summed E-state index contributed by atoms with van der Waals surface area (Å²) >= 11 is 0. The fourth-order valence-electron chi connectivity index (χ4n) is 6.14. The van der Waals surface area contributed by atoms with E-state index in [9.17, 15) is 9.90 Å². The van der Waals surface area contributed by atoms with Gasteiger partial charge in [-0.2, -0.15) is 0 Å². The molecule has 6 rings (SSSR count). The smallest absolute Gasteiger partial charge is 0.257 e. The summed E-state index contributed by atoms with van der Waals surface area (Å²) in [6.45, 7) is 4.55. The molecule has 0 saturated carbocycles. The van der Waals surface area contributed by atoms with Crippen LogP contribution in [0.5, 0.6) is 11.5 Å². The van der Waals surface area contributed by atoms with E-state index in [4.69, 9.17) is 18.9 Å². The molecule has 0 aliphatic carbocycles. The van der Waals surface area contributed by atoms with Crippen molar-refractivity contribution in [3.05, 3.63) is 119 Å². The Hall–Kier alpha value is -4.28. The maximum atomic E-state index is 12.8. The van der Waals surface area contributed by atoms with E-state index >= 15 is 0 Å². The first-order valence-corrected chi connectivity index (χ1v) is 15.2. The molecule has 0 radical (unpaired) electrons. The van der Waals surface area contributed by atoms with Crippen LogP contribution in [0.25, 0.3) is 0 Å². The number of hydrogen-bond acceptors (Lipinski definition) is 8. The topological polar surface area (TPSA) is 102 Å². The predicted octanol–water partition coefficient (Wildman–Crippen LogP) is 5.69. The normalized spacial score (nSPS) is 21.5. The highest BCUT2D eigenvalue weighted by atomic mass is 16.7. The molecule has 1 fully saturated rings. The van der Waals surface area contributed by atoms with Gasteiger partial charge in [0, 0.05) is 49.2 Å². The second-order valence-electron chi connectivity index (χ2n) is 11.6. The molecule has 2 N–H and O–H groups in total. The number of fused-ring (bicyclic) bond motifs is 1. The number of amides is 1. The zero-order valence-corrected chi connectivity index (χ0v) is 25.8. The zero-order chi connectivity index (χ0) is 31.3. The molecule has 9 heteroatoms. The number of methoxy groups -OCH3 is 2. The van der Waals surface area contributed by atoms with Gasteiger partial charge >= 0.3 is 0 Å². The maximum Gasteiger partial charge on any atom is 0.257 e. The molecule has 234 valence electrons. The molecule has 3 aromatic carbocycles. The number of carbonyl (C=O) groups is 1. The number of hydrogen-bond donors (Lipinski definition) is 2. The van der Waals surface area contributed by atoms with Gasteiger partial charge in [-0.1, -0.05) is 43.3 Å². The van der Waals surface area contributed by atoms with Gasteiger partial charge in [-0.3, -0.25) is 14.7 Å². The molecule has 4 aromatic rings. The Morgan fingerprint density at radius 2 is 1.76 bits per heavy atom. The Bertz CT molecular complexity index is 1610. The molecule has 3 heterocycles. The largest absolute Gasteiger partial charge is 0.493 e.